The van der Waals surface area contributed by atoms with Crippen molar-refractivity contribution in [2.24, 2.45) is 0 Å². The van der Waals surface area contributed by atoms with Crippen LogP contribution in [0.25, 0.3) is 22.5 Å². The largest absolute Gasteiger partial charge is 0.497 e. The van der Waals surface area contributed by atoms with Crippen molar-refractivity contribution in [2.45, 2.75) is 6.54 Å². The number of hydrogen-bond acceptors (Lipinski definition) is 2. The lowest BCUT2D eigenvalue weighted by molar-refractivity contribution is 0.415. The Morgan fingerprint density at radius 3 is 2.48 bits per heavy atom. The number of rotatable bonds is 5. The van der Waals surface area contributed by atoms with E-state index in [0.29, 0.717) is 6.54 Å². The molecule has 4 aromatic rings. The van der Waals surface area contributed by atoms with E-state index in [9.17, 15) is 0 Å². The number of aromatic nitrogens is 2. The van der Waals surface area contributed by atoms with E-state index >= 15 is 0 Å². The van der Waals surface area contributed by atoms with Gasteiger partial charge >= 0.3 is 0 Å². The molecule has 0 aliphatic rings. The molecule has 27 heavy (non-hydrogen) atoms. The van der Waals surface area contributed by atoms with Gasteiger partial charge in [-0.2, -0.15) is 0 Å². The van der Waals surface area contributed by atoms with Crippen molar-refractivity contribution in [3.63, 3.8) is 0 Å². The van der Waals surface area contributed by atoms with Crippen LogP contribution in [0, 0.1) is 0 Å². The lowest BCUT2D eigenvalue weighted by Crippen LogP contribution is -2.03. The molecule has 0 saturated heterocycles. The van der Waals surface area contributed by atoms with Crippen LogP contribution >= 0.6 is 11.6 Å². The number of ether oxygens (including phenoxy) is 1. The minimum atomic E-state index is 0.653. The summed E-state index contributed by atoms with van der Waals surface area (Å²) in [5.74, 6) is 1.68. The Morgan fingerprint density at radius 2 is 1.70 bits per heavy atom. The summed E-state index contributed by atoms with van der Waals surface area (Å²) in [7, 11) is 1.68. The zero-order chi connectivity index (χ0) is 18.6. The van der Waals surface area contributed by atoms with Crippen molar-refractivity contribution < 1.29 is 4.74 Å². The molecule has 3 nitrogen and oxygen atoms in total. The first-order valence-corrected chi connectivity index (χ1v) is 9.12. The number of imidazole rings is 1. The third-order valence-corrected chi connectivity index (χ3v) is 4.94. The SMILES string of the molecule is COc1ccc(-c2ccccc2)c(-c2nccn2Cc2ccccc2Cl)c1. The maximum absolute atomic E-state index is 6.36. The Labute approximate surface area is 163 Å². The topological polar surface area (TPSA) is 27.1 Å². The molecular formula is C23H19ClN2O. The van der Waals surface area contributed by atoms with Crippen molar-refractivity contribution in [3.05, 3.63) is 95.8 Å². The van der Waals surface area contributed by atoms with Gasteiger partial charge in [0.15, 0.2) is 0 Å². The monoisotopic (exact) mass is 374 g/mol. The summed E-state index contributed by atoms with van der Waals surface area (Å²) in [6, 6.07) is 24.3. The van der Waals surface area contributed by atoms with Gasteiger partial charge in [-0.25, -0.2) is 4.98 Å². The molecule has 134 valence electrons. The second-order valence-electron chi connectivity index (χ2n) is 6.25. The zero-order valence-corrected chi connectivity index (χ0v) is 15.7. The number of hydrogen-bond donors (Lipinski definition) is 0. The Hall–Kier alpha value is -3.04. The third kappa shape index (κ3) is 3.60. The van der Waals surface area contributed by atoms with Crippen molar-refractivity contribution in [2.75, 3.05) is 7.11 Å². The van der Waals surface area contributed by atoms with Crippen molar-refractivity contribution >= 4 is 11.6 Å². The zero-order valence-electron chi connectivity index (χ0n) is 15.0. The standard InChI is InChI=1S/C23H19ClN2O/c1-27-19-11-12-20(17-7-3-2-4-8-17)21(15-19)23-25-13-14-26(23)16-18-9-5-6-10-22(18)24/h2-15H,16H2,1H3. The third-order valence-electron chi connectivity index (χ3n) is 4.57. The molecule has 1 aromatic heterocycles. The number of methoxy groups -OCH3 is 1. The van der Waals surface area contributed by atoms with Crippen LogP contribution in [-0.4, -0.2) is 16.7 Å². The molecule has 1 heterocycles. The van der Waals surface area contributed by atoms with Gasteiger partial charge < -0.3 is 9.30 Å². The van der Waals surface area contributed by atoms with Gasteiger partial charge in [0, 0.05) is 23.0 Å². The van der Waals surface area contributed by atoms with E-state index in [1.807, 2.05) is 67.0 Å². The van der Waals surface area contributed by atoms with Gasteiger partial charge in [-0.05, 0) is 41.0 Å². The fourth-order valence-electron chi connectivity index (χ4n) is 3.20. The quantitative estimate of drug-likeness (QED) is 0.433. The fraction of sp³-hybridized carbons (Fsp3) is 0.0870. The molecule has 0 bridgehead atoms. The van der Waals surface area contributed by atoms with Crippen LogP contribution in [0.3, 0.4) is 0 Å². The maximum atomic E-state index is 6.36. The molecule has 3 aromatic carbocycles. The van der Waals surface area contributed by atoms with Crippen molar-refractivity contribution in [1.82, 2.24) is 9.55 Å². The Bertz CT molecular complexity index is 1060. The van der Waals surface area contributed by atoms with Gasteiger partial charge in [-0.15, -0.1) is 0 Å². The van der Waals surface area contributed by atoms with Crippen LogP contribution < -0.4 is 4.74 Å². The van der Waals surface area contributed by atoms with Gasteiger partial charge in [0.05, 0.1) is 13.7 Å². The normalized spacial score (nSPS) is 10.7. The first-order chi connectivity index (χ1) is 13.3. The van der Waals surface area contributed by atoms with Crippen molar-refractivity contribution in [1.29, 1.82) is 0 Å². The molecule has 0 aliphatic carbocycles. The molecular weight excluding hydrogens is 356 g/mol. The van der Waals surface area contributed by atoms with E-state index in [4.69, 9.17) is 16.3 Å². The van der Waals surface area contributed by atoms with Gasteiger partial charge in [-0.1, -0.05) is 60.1 Å². The highest BCUT2D eigenvalue weighted by Crippen LogP contribution is 2.34. The molecule has 0 aliphatic heterocycles. The summed E-state index contributed by atoms with van der Waals surface area (Å²) < 4.78 is 7.58. The second kappa shape index (κ2) is 7.68. The van der Waals surface area contributed by atoms with Crippen LogP contribution in [0.1, 0.15) is 5.56 Å². The van der Waals surface area contributed by atoms with Crippen LogP contribution in [0.5, 0.6) is 5.75 Å². The highest BCUT2D eigenvalue weighted by molar-refractivity contribution is 6.31. The predicted molar refractivity (Wildman–Crippen MR) is 110 cm³/mol. The Kier molecular flexibility index (Phi) is 4.95. The first-order valence-electron chi connectivity index (χ1n) is 8.74. The van der Waals surface area contributed by atoms with E-state index in [-0.39, 0.29) is 0 Å². The molecule has 0 fully saturated rings. The maximum Gasteiger partial charge on any atom is 0.140 e. The fourth-order valence-corrected chi connectivity index (χ4v) is 3.39. The molecule has 0 N–H and O–H groups in total. The van der Waals surface area contributed by atoms with E-state index in [1.54, 1.807) is 7.11 Å². The molecule has 0 amide bonds. The molecule has 0 spiro atoms. The molecule has 0 atom stereocenters. The minimum Gasteiger partial charge on any atom is -0.497 e. The average molecular weight is 375 g/mol. The summed E-state index contributed by atoms with van der Waals surface area (Å²) in [5.41, 5.74) is 4.34. The first kappa shape index (κ1) is 17.4. The summed E-state index contributed by atoms with van der Waals surface area (Å²) in [4.78, 5) is 4.64. The van der Waals surface area contributed by atoms with Gasteiger partial charge in [0.25, 0.3) is 0 Å². The molecule has 0 radical (unpaired) electrons. The number of benzene rings is 3. The molecule has 4 heteroatoms. The molecule has 0 saturated carbocycles. The average Bonchev–Trinajstić information content (AvgIpc) is 3.18. The van der Waals surface area contributed by atoms with Crippen LogP contribution in [0.15, 0.2) is 85.2 Å². The summed E-state index contributed by atoms with van der Waals surface area (Å²) in [6.45, 7) is 0.653. The van der Waals surface area contributed by atoms with Gasteiger partial charge in [0.2, 0.25) is 0 Å². The number of halogens is 1. The van der Waals surface area contributed by atoms with Crippen LogP contribution in [-0.2, 0) is 6.54 Å². The van der Waals surface area contributed by atoms with Gasteiger partial charge in [-0.3, -0.25) is 0 Å². The van der Waals surface area contributed by atoms with Crippen molar-refractivity contribution in [3.8, 4) is 28.3 Å². The Balaban J connectivity index is 1.82. The lowest BCUT2D eigenvalue weighted by Gasteiger charge is -2.14. The predicted octanol–water partition coefficient (Wildman–Crippen LogP) is 5.93. The summed E-state index contributed by atoms with van der Waals surface area (Å²) in [6.07, 6.45) is 3.80. The molecule has 0 unspecified atom stereocenters. The summed E-state index contributed by atoms with van der Waals surface area (Å²) >= 11 is 6.36. The molecule has 4 rings (SSSR count). The van der Waals surface area contributed by atoms with E-state index < -0.39 is 0 Å². The summed E-state index contributed by atoms with van der Waals surface area (Å²) in [5, 5.41) is 0.756. The van der Waals surface area contributed by atoms with Crippen LogP contribution in [0.4, 0.5) is 0 Å². The Morgan fingerprint density at radius 1 is 0.926 bits per heavy atom. The lowest BCUT2D eigenvalue weighted by atomic mass is 9.98. The van der Waals surface area contributed by atoms with Gasteiger partial charge in [0.1, 0.15) is 11.6 Å². The number of nitrogens with zero attached hydrogens (tertiary/aromatic N) is 2. The highest BCUT2D eigenvalue weighted by atomic mass is 35.5. The van der Waals surface area contributed by atoms with Crippen LogP contribution in [0.2, 0.25) is 5.02 Å². The minimum absolute atomic E-state index is 0.653. The van der Waals surface area contributed by atoms with E-state index in [0.717, 1.165) is 38.9 Å². The van der Waals surface area contributed by atoms with E-state index in [1.165, 1.54) is 0 Å². The van der Waals surface area contributed by atoms with E-state index in [2.05, 4.69) is 27.8 Å². The highest BCUT2D eigenvalue weighted by Gasteiger charge is 2.14. The second-order valence-corrected chi connectivity index (χ2v) is 6.65. The smallest absolute Gasteiger partial charge is 0.140 e.